The average Bonchev–Trinajstić information content (AvgIpc) is 2.76. The molecule has 2 atom stereocenters. The molecular weight excluding hydrogens is 436 g/mol. The Kier molecular flexibility index (Phi) is 9.02. The molecule has 0 saturated heterocycles. The van der Waals surface area contributed by atoms with Crippen molar-refractivity contribution in [2.45, 2.75) is 32.4 Å². The SMILES string of the molecule is COC(=O)CN(C(=O)[C@H](C)NC(=O)[C@H](C)NC(=O)Cc1cc(F)cc(F)c1)c1ccccc1. The number of ether oxygens (including phenoxy) is 1. The number of halogens is 2. The highest BCUT2D eigenvalue weighted by atomic mass is 19.1. The first kappa shape index (κ1) is 25.4. The average molecular weight is 461 g/mol. The summed E-state index contributed by atoms with van der Waals surface area (Å²) in [6.07, 6.45) is -0.332. The van der Waals surface area contributed by atoms with Gasteiger partial charge in [-0.2, -0.15) is 0 Å². The molecule has 2 aromatic carbocycles. The Bertz CT molecular complexity index is 996. The molecule has 2 aromatic rings. The minimum atomic E-state index is -1.03. The Hall–Kier alpha value is -3.82. The monoisotopic (exact) mass is 461 g/mol. The highest BCUT2D eigenvalue weighted by Crippen LogP contribution is 2.15. The van der Waals surface area contributed by atoms with Gasteiger partial charge in [-0.05, 0) is 43.7 Å². The Balaban J connectivity index is 1.99. The fourth-order valence-electron chi connectivity index (χ4n) is 2.99. The van der Waals surface area contributed by atoms with Crippen LogP contribution >= 0.6 is 0 Å². The van der Waals surface area contributed by atoms with Gasteiger partial charge in [0.1, 0.15) is 30.3 Å². The maximum absolute atomic E-state index is 13.3. The fourth-order valence-corrected chi connectivity index (χ4v) is 2.99. The summed E-state index contributed by atoms with van der Waals surface area (Å²) in [5.41, 5.74) is 0.556. The Morgan fingerprint density at radius 3 is 2.12 bits per heavy atom. The quantitative estimate of drug-likeness (QED) is 0.554. The summed E-state index contributed by atoms with van der Waals surface area (Å²) < 4.78 is 31.2. The first-order valence-corrected chi connectivity index (χ1v) is 10.1. The van der Waals surface area contributed by atoms with E-state index < -0.39 is 47.4 Å². The van der Waals surface area contributed by atoms with Crippen molar-refractivity contribution in [1.29, 1.82) is 0 Å². The van der Waals surface area contributed by atoms with Gasteiger partial charge in [0.05, 0.1) is 13.5 Å². The number of carbonyl (C=O) groups is 4. The Morgan fingerprint density at radius 1 is 0.939 bits per heavy atom. The van der Waals surface area contributed by atoms with Crippen LogP contribution in [0.4, 0.5) is 14.5 Å². The van der Waals surface area contributed by atoms with Crippen LogP contribution in [0.15, 0.2) is 48.5 Å². The van der Waals surface area contributed by atoms with E-state index in [0.717, 1.165) is 12.1 Å². The molecule has 0 bridgehead atoms. The molecule has 0 aliphatic heterocycles. The van der Waals surface area contributed by atoms with Gasteiger partial charge in [0.15, 0.2) is 0 Å². The van der Waals surface area contributed by atoms with E-state index in [1.807, 2.05) is 0 Å². The summed E-state index contributed by atoms with van der Waals surface area (Å²) in [7, 11) is 1.20. The van der Waals surface area contributed by atoms with Crippen molar-refractivity contribution in [1.82, 2.24) is 10.6 Å². The number of benzene rings is 2. The molecule has 33 heavy (non-hydrogen) atoms. The van der Waals surface area contributed by atoms with Gasteiger partial charge in [-0.3, -0.25) is 24.1 Å². The second-order valence-corrected chi connectivity index (χ2v) is 7.31. The van der Waals surface area contributed by atoms with Gasteiger partial charge in [-0.25, -0.2) is 8.78 Å². The number of para-hydroxylation sites is 1. The second kappa shape index (κ2) is 11.7. The van der Waals surface area contributed by atoms with Gasteiger partial charge < -0.3 is 15.4 Å². The summed E-state index contributed by atoms with van der Waals surface area (Å²) >= 11 is 0. The lowest BCUT2D eigenvalue weighted by molar-refractivity contribution is -0.140. The summed E-state index contributed by atoms with van der Waals surface area (Å²) in [5.74, 6) is -4.11. The Morgan fingerprint density at radius 2 is 1.55 bits per heavy atom. The van der Waals surface area contributed by atoms with E-state index in [9.17, 15) is 28.0 Å². The predicted molar refractivity (Wildman–Crippen MR) is 116 cm³/mol. The smallest absolute Gasteiger partial charge is 0.325 e. The number of amides is 3. The molecule has 176 valence electrons. The van der Waals surface area contributed by atoms with E-state index in [4.69, 9.17) is 0 Å². The third-order valence-corrected chi connectivity index (χ3v) is 4.64. The van der Waals surface area contributed by atoms with Gasteiger partial charge in [0, 0.05) is 11.8 Å². The zero-order valence-electron chi connectivity index (χ0n) is 18.4. The fraction of sp³-hybridized carbons (Fsp3) is 0.304. The first-order valence-electron chi connectivity index (χ1n) is 10.1. The van der Waals surface area contributed by atoms with Gasteiger partial charge >= 0.3 is 5.97 Å². The highest BCUT2D eigenvalue weighted by molar-refractivity contribution is 6.02. The number of hydrogen-bond acceptors (Lipinski definition) is 5. The van der Waals surface area contributed by atoms with Crippen LogP contribution in [-0.4, -0.2) is 49.4 Å². The molecular formula is C23H25F2N3O5. The molecule has 3 amide bonds. The largest absolute Gasteiger partial charge is 0.468 e. The van der Waals surface area contributed by atoms with Crippen LogP contribution < -0.4 is 15.5 Å². The van der Waals surface area contributed by atoms with Gasteiger partial charge in [0.25, 0.3) is 0 Å². The summed E-state index contributed by atoms with van der Waals surface area (Å²) in [4.78, 5) is 50.5. The van der Waals surface area contributed by atoms with E-state index in [-0.39, 0.29) is 18.5 Å². The molecule has 10 heteroatoms. The summed E-state index contributed by atoms with van der Waals surface area (Å²) in [5, 5.41) is 4.91. The van der Waals surface area contributed by atoms with Crippen molar-refractivity contribution in [3.8, 4) is 0 Å². The molecule has 0 aromatic heterocycles. The second-order valence-electron chi connectivity index (χ2n) is 7.31. The van der Waals surface area contributed by atoms with E-state index in [2.05, 4.69) is 15.4 Å². The molecule has 8 nitrogen and oxygen atoms in total. The van der Waals surface area contributed by atoms with Gasteiger partial charge in [0.2, 0.25) is 17.7 Å². The zero-order chi connectivity index (χ0) is 24.5. The standard InChI is InChI=1S/C23H25F2N3O5/c1-14(26-20(29)11-16-9-17(24)12-18(25)10-16)22(31)27-15(2)23(32)28(13-21(30)33-3)19-7-5-4-6-8-19/h4-10,12,14-15H,11,13H2,1-3H3,(H,26,29)(H,27,31)/t14-,15-/m0/s1. The number of rotatable bonds is 9. The topological polar surface area (TPSA) is 105 Å². The van der Waals surface area contributed by atoms with Crippen molar-refractivity contribution in [2.75, 3.05) is 18.6 Å². The number of nitrogens with one attached hydrogen (secondary N) is 2. The summed E-state index contributed by atoms with van der Waals surface area (Å²) in [6, 6.07) is 9.07. The number of methoxy groups -OCH3 is 1. The lowest BCUT2D eigenvalue weighted by Crippen LogP contribution is -2.53. The minimum Gasteiger partial charge on any atom is -0.468 e. The number of carbonyl (C=O) groups excluding carboxylic acids is 4. The lowest BCUT2D eigenvalue weighted by atomic mass is 10.1. The number of hydrogen-bond donors (Lipinski definition) is 2. The van der Waals surface area contributed by atoms with Crippen molar-refractivity contribution in [3.63, 3.8) is 0 Å². The zero-order valence-corrected chi connectivity index (χ0v) is 18.4. The van der Waals surface area contributed by atoms with Crippen LogP contribution in [0, 0.1) is 11.6 Å². The van der Waals surface area contributed by atoms with E-state index in [1.54, 1.807) is 30.3 Å². The first-order chi connectivity index (χ1) is 15.6. The van der Waals surface area contributed by atoms with Crippen molar-refractivity contribution < 1.29 is 32.7 Å². The minimum absolute atomic E-state index is 0.113. The summed E-state index contributed by atoms with van der Waals surface area (Å²) in [6.45, 7) is 2.49. The Labute approximate surface area is 189 Å². The third kappa shape index (κ3) is 7.67. The molecule has 0 fully saturated rings. The van der Waals surface area contributed by atoms with Crippen LogP contribution in [0.2, 0.25) is 0 Å². The molecule has 0 radical (unpaired) electrons. The molecule has 0 unspecified atom stereocenters. The van der Waals surface area contributed by atoms with Crippen LogP contribution in [0.3, 0.4) is 0 Å². The van der Waals surface area contributed by atoms with Crippen LogP contribution in [0.5, 0.6) is 0 Å². The van der Waals surface area contributed by atoms with Crippen LogP contribution in [0.1, 0.15) is 19.4 Å². The molecule has 0 heterocycles. The maximum atomic E-state index is 13.3. The van der Waals surface area contributed by atoms with Gasteiger partial charge in [-0.15, -0.1) is 0 Å². The number of anilines is 1. The van der Waals surface area contributed by atoms with E-state index in [1.165, 1.54) is 25.9 Å². The van der Waals surface area contributed by atoms with E-state index in [0.29, 0.717) is 11.8 Å². The van der Waals surface area contributed by atoms with Gasteiger partial charge in [-0.1, -0.05) is 18.2 Å². The molecule has 0 spiro atoms. The third-order valence-electron chi connectivity index (χ3n) is 4.64. The maximum Gasteiger partial charge on any atom is 0.325 e. The highest BCUT2D eigenvalue weighted by Gasteiger charge is 2.27. The molecule has 0 aliphatic carbocycles. The van der Waals surface area contributed by atoms with Crippen molar-refractivity contribution in [3.05, 3.63) is 65.7 Å². The van der Waals surface area contributed by atoms with Crippen LogP contribution in [0.25, 0.3) is 0 Å². The lowest BCUT2D eigenvalue weighted by Gasteiger charge is -2.26. The van der Waals surface area contributed by atoms with E-state index >= 15 is 0 Å². The van der Waals surface area contributed by atoms with Crippen LogP contribution in [-0.2, 0) is 30.3 Å². The van der Waals surface area contributed by atoms with Crippen molar-refractivity contribution in [2.24, 2.45) is 0 Å². The van der Waals surface area contributed by atoms with Crippen molar-refractivity contribution >= 4 is 29.4 Å². The molecule has 2 N–H and O–H groups in total. The number of esters is 1. The predicted octanol–water partition coefficient (Wildman–Crippen LogP) is 1.72. The molecule has 2 rings (SSSR count). The molecule has 0 saturated carbocycles. The number of nitrogens with zero attached hydrogens (tertiary/aromatic N) is 1. The normalized spacial score (nSPS) is 12.3. The molecule has 0 aliphatic rings.